The first-order chi connectivity index (χ1) is 9.47. The highest BCUT2D eigenvalue weighted by Gasteiger charge is 2.10. The molecule has 1 aromatic rings. The summed E-state index contributed by atoms with van der Waals surface area (Å²) in [5.41, 5.74) is 1.18. The van der Waals surface area contributed by atoms with Gasteiger partial charge in [-0.05, 0) is 37.0 Å². The molecule has 0 fully saturated rings. The van der Waals surface area contributed by atoms with Crippen LogP contribution in [0.1, 0.15) is 25.8 Å². The first-order valence-electron chi connectivity index (χ1n) is 7.11. The second kappa shape index (κ2) is 8.59. The molecule has 0 aliphatic heterocycles. The third kappa shape index (κ3) is 7.14. The SMILES string of the molecule is Cc1cccc(OCCCN(CC(=O)O)CC(C)C)c1. The first kappa shape index (κ1) is 16.5. The predicted octanol–water partition coefficient (Wildman–Crippen LogP) is 2.81. The molecule has 0 saturated carbocycles. The van der Waals surface area contributed by atoms with Crippen LogP contribution in [-0.4, -0.2) is 42.2 Å². The van der Waals surface area contributed by atoms with E-state index in [1.54, 1.807) is 0 Å². The highest BCUT2D eigenvalue weighted by Crippen LogP contribution is 2.12. The van der Waals surface area contributed by atoms with Gasteiger partial charge in [-0.3, -0.25) is 9.69 Å². The summed E-state index contributed by atoms with van der Waals surface area (Å²) in [6.07, 6.45) is 0.827. The van der Waals surface area contributed by atoms with Crippen LogP contribution in [0.4, 0.5) is 0 Å². The maximum absolute atomic E-state index is 10.8. The molecular formula is C16H25NO3. The Morgan fingerprint density at radius 1 is 1.40 bits per heavy atom. The van der Waals surface area contributed by atoms with E-state index < -0.39 is 5.97 Å². The third-order valence-electron chi connectivity index (χ3n) is 2.86. The minimum absolute atomic E-state index is 0.0998. The molecule has 1 aromatic carbocycles. The maximum atomic E-state index is 10.8. The smallest absolute Gasteiger partial charge is 0.317 e. The van der Waals surface area contributed by atoms with Crippen molar-refractivity contribution in [2.24, 2.45) is 5.92 Å². The fourth-order valence-corrected chi connectivity index (χ4v) is 2.13. The average Bonchev–Trinajstić information content (AvgIpc) is 2.33. The van der Waals surface area contributed by atoms with Gasteiger partial charge < -0.3 is 9.84 Å². The number of aliphatic carboxylic acids is 1. The Labute approximate surface area is 121 Å². The summed E-state index contributed by atoms with van der Waals surface area (Å²) in [5.74, 6) is 0.566. The number of hydrogen-bond acceptors (Lipinski definition) is 3. The summed E-state index contributed by atoms with van der Waals surface area (Å²) in [6.45, 7) is 8.48. The number of aryl methyl sites for hydroxylation is 1. The molecule has 0 bridgehead atoms. The highest BCUT2D eigenvalue weighted by atomic mass is 16.5. The molecule has 1 N–H and O–H groups in total. The lowest BCUT2D eigenvalue weighted by atomic mass is 10.2. The zero-order valence-electron chi connectivity index (χ0n) is 12.6. The molecule has 0 aliphatic rings. The van der Waals surface area contributed by atoms with Crippen LogP contribution >= 0.6 is 0 Å². The number of carboxylic acids is 1. The van der Waals surface area contributed by atoms with Crippen LogP contribution in [0.25, 0.3) is 0 Å². The molecule has 0 aliphatic carbocycles. The number of rotatable bonds is 9. The van der Waals surface area contributed by atoms with Crippen LogP contribution in [-0.2, 0) is 4.79 Å². The number of nitrogens with zero attached hydrogens (tertiary/aromatic N) is 1. The normalized spacial score (nSPS) is 11.1. The van der Waals surface area contributed by atoms with E-state index in [2.05, 4.69) is 13.8 Å². The lowest BCUT2D eigenvalue weighted by Gasteiger charge is -2.22. The van der Waals surface area contributed by atoms with Gasteiger partial charge in [-0.15, -0.1) is 0 Å². The Morgan fingerprint density at radius 2 is 2.15 bits per heavy atom. The van der Waals surface area contributed by atoms with Crippen molar-refractivity contribution in [2.75, 3.05) is 26.2 Å². The minimum Gasteiger partial charge on any atom is -0.494 e. The fraction of sp³-hybridized carbons (Fsp3) is 0.562. The summed E-state index contributed by atoms with van der Waals surface area (Å²) in [7, 11) is 0. The van der Waals surface area contributed by atoms with Gasteiger partial charge in [0, 0.05) is 13.1 Å². The predicted molar refractivity (Wildman–Crippen MR) is 80.2 cm³/mol. The van der Waals surface area contributed by atoms with Gasteiger partial charge in [-0.2, -0.15) is 0 Å². The van der Waals surface area contributed by atoms with E-state index in [-0.39, 0.29) is 6.54 Å². The van der Waals surface area contributed by atoms with E-state index >= 15 is 0 Å². The summed E-state index contributed by atoms with van der Waals surface area (Å²) in [4.78, 5) is 12.8. The van der Waals surface area contributed by atoms with Crippen LogP contribution in [0.15, 0.2) is 24.3 Å². The van der Waals surface area contributed by atoms with E-state index in [9.17, 15) is 4.79 Å². The van der Waals surface area contributed by atoms with Gasteiger partial charge in [0.1, 0.15) is 5.75 Å². The Hall–Kier alpha value is -1.55. The van der Waals surface area contributed by atoms with E-state index in [1.807, 2.05) is 36.1 Å². The van der Waals surface area contributed by atoms with Crippen molar-refractivity contribution in [2.45, 2.75) is 27.2 Å². The largest absolute Gasteiger partial charge is 0.494 e. The average molecular weight is 279 g/mol. The van der Waals surface area contributed by atoms with Crippen molar-refractivity contribution >= 4 is 5.97 Å². The van der Waals surface area contributed by atoms with Crippen molar-refractivity contribution in [3.8, 4) is 5.75 Å². The van der Waals surface area contributed by atoms with E-state index in [4.69, 9.17) is 9.84 Å². The summed E-state index contributed by atoms with van der Waals surface area (Å²) < 4.78 is 5.67. The number of hydrogen-bond donors (Lipinski definition) is 1. The lowest BCUT2D eigenvalue weighted by molar-refractivity contribution is -0.138. The van der Waals surface area contributed by atoms with Gasteiger partial charge in [0.15, 0.2) is 0 Å². The van der Waals surface area contributed by atoms with Gasteiger partial charge in [-0.1, -0.05) is 26.0 Å². The van der Waals surface area contributed by atoms with Crippen molar-refractivity contribution in [3.05, 3.63) is 29.8 Å². The first-order valence-corrected chi connectivity index (χ1v) is 7.11. The molecule has 0 aromatic heterocycles. The monoisotopic (exact) mass is 279 g/mol. The minimum atomic E-state index is -0.773. The van der Waals surface area contributed by atoms with Crippen molar-refractivity contribution in [1.82, 2.24) is 4.90 Å². The van der Waals surface area contributed by atoms with Crippen LogP contribution in [0, 0.1) is 12.8 Å². The molecule has 20 heavy (non-hydrogen) atoms. The molecule has 0 atom stereocenters. The zero-order chi connectivity index (χ0) is 15.0. The van der Waals surface area contributed by atoms with Gasteiger partial charge in [0.2, 0.25) is 0 Å². The van der Waals surface area contributed by atoms with Crippen molar-refractivity contribution < 1.29 is 14.6 Å². The Kier molecular flexibility index (Phi) is 7.09. The molecular weight excluding hydrogens is 254 g/mol. The second-order valence-corrected chi connectivity index (χ2v) is 5.54. The van der Waals surface area contributed by atoms with Crippen molar-refractivity contribution in [1.29, 1.82) is 0 Å². The molecule has 112 valence electrons. The molecule has 4 heteroatoms. The molecule has 1 rings (SSSR count). The van der Waals surface area contributed by atoms with Gasteiger partial charge >= 0.3 is 5.97 Å². The molecule has 0 spiro atoms. The molecule has 0 radical (unpaired) electrons. The summed E-state index contributed by atoms with van der Waals surface area (Å²) in [6, 6.07) is 7.95. The molecule has 0 heterocycles. The lowest BCUT2D eigenvalue weighted by Crippen LogP contribution is -2.34. The maximum Gasteiger partial charge on any atom is 0.317 e. The fourth-order valence-electron chi connectivity index (χ4n) is 2.13. The molecule has 4 nitrogen and oxygen atoms in total. The van der Waals surface area contributed by atoms with E-state index in [0.29, 0.717) is 12.5 Å². The third-order valence-corrected chi connectivity index (χ3v) is 2.86. The Morgan fingerprint density at radius 3 is 2.75 bits per heavy atom. The molecule has 0 unspecified atom stereocenters. The van der Waals surface area contributed by atoms with Crippen LogP contribution in [0.3, 0.4) is 0 Å². The van der Waals surface area contributed by atoms with Gasteiger partial charge in [0.05, 0.1) is 13.2 Å². The number of ether oxygens (including phenoxy) is 1. The molecule has 0 saturated heterocycles. The van der Waals surface area contributed by atoms with Crippen LogP contribution in [0.2, 0.25) is 0 Å². The summed E-state index contributed by atoms with van der Waals surface area (Å²) in [5, 5.41) is 8.89. The Bertz CT molecular complexity index is 418. The number of carboxylic acid groups (broad SMARTS) is 1. The quantitative estimate of drug-likeness (QED) is 0.706. The summed E-state index contributed by atoms with van der Waals surface area (Å²) >= 11 is 0. The van der Waals surface area contributed by atoms with Gasteiger partial charge in [-0.25, -0.2) is 0 Å². The zero-order valence-corrected chi connectivity index (χ0v) is 12.6. The van der Waals surface area contributed by atoms with Crippen LogP contribution in [0.5, 0.6) is 5.75 Å². The number of benzene rings is 1. The van der Waals surface area contributed by atoms with Crippen LogP contribution < -0.4 is 4.74 Å². The number of carbonyl (C=O) groups is 1. The highest BCUT2D eigenvalue weighted by molar-refractivity contribution is 5.69. The Balaban J connectivity index is 2.31. The molecule has 0 amide bonds. The second-order valence-electron chi connectivity index (χ2n) is 5.54. The van der Waals surface area contributed by atoms with Gasteiger partial charge in [0.25, 0.3) is 0 Å². The van der Waals surface area contributed by atoms with E-state index in [1.165, 1.54) is 5.56 Å². The topological polar surface area (TPSA) is 49.8 Å². The standard InChI is InChI=1S/C16H25NO3/c1-13(2)11-17(12-16(18)19)8-5-9-20-15-7-4-6-14(3)10-15/h4,6-7,10,13H,5,8-9,11-12H2,1-3H3,(H,18,19). The van der Waals surface area contributed by atoms with E-state index in [0.717, 1.165) is 25.3 Å². The van der Waals surface area contributed by atoms with Crippen molar-refractivity contribution in [3.63, 3.8) is 0 Å².